The van der Waals surface area contributed by atoms with Crippen LogP contribution in [-0.4, -0.2) is 6.04 Å². The van der Waals surface area contributed by atoms with E-state index < -0.39 is 0 Å². The molecular weight excluding hydrogens is 172 g/mol. The van der Waals surface area contributed by atoms with Gasteiger partial charge in [-0.3, -0.25) is 0 Å². The number of hydrogen-bond acceptors (Lipinski definition) is 2. The predicted octanol–water partition coefficient (Wildman–Crippen LogP) is 1.94. The summed E-state index contributed by atoms with van der Waals surface area (Å²) in [5.41, 5.74) is 8.17. The molecular formula is C12H14N2. The molecule has 14 heavy (non-hydrogen) atoms. The summed E-state index contributed by atoms with van der Waals surface area (Å²) in [6, 6.07) is 10.1. The molecule has 72 valence electrons. The van der Waals surface area contributed by atoms with Gasteiger partial charge in [-0.2, -0.15) is 5.26 Å². The van der Waals surface area contributed by atoms with Crippen molar-refractivity contribution < 1.29 is 0 Å². The van der Waals surface area contributed by atoms with Crippen molar-refractivity contribution in [3.05, 3.63) is 35.4 Å². The highest BCUT2D eigenvalue weighted by Crippen LogP contribution is 2.50. The highest BCUT2D eigenvalue weighted by molar-refractivity contribution is 5.39. The lowest BCUT2D eigenvalue weighted by Gasteiger charge is -2.19. The Bertz CT molecular complexity index is 366. The number of nitriles is 1. The van der Waals surface area contributed by atoms with E-state index in [4.69, 9.17) is 11.0 Å². The maximum Gasteiger partial charge on any atom is 0.0991 e. The van der Waals surface area contributed by atoms with Crippen molar-refractivity contribution in [3.8, 4) is 6.07 Å². The average Bonchev–Trinajstić information content (AvgIpc) is 2.99. The first-order valence-corrected chi connectivity index (χ1v) is 4.95. The third kappa shape index (κ3) is 1.30. The first-order chi connectivity index (χ1) is 6.69. The molecule has 1 aliphatic carbocycles. The van der Waals surface area contributed by atoms with Gasteiger partial charge in [-0.05, 0) is 37.5 Å². The van der Waals surface area contributed by atoms with Crippen molar-refractivity contribution >= 4 is 0 Å². The van der Waals surface area contributed by atoms with Gasteiger partial charge in [0, 0.05) is 11.5 Å². The van der Waals surface area contributed by atoms with Gasteiger partial charge in [0.25, 0.3) is 0 Å². The molecule has 1 fully saturated rings. The number of hydrogen-bond donors (Lipinski definition) is 1. The minimum atomic E-state index is 0.202. The monoisotopic (exact) mass is 186 g/mol. The van der Waals surface area contributed by atoms with Crippen LogP contribution in [0.2, 0.25) is 0 Å². The van der Waals surface area contributed by atoms with E-state index in [1.54, 1.807) is 0 Å². The second-order valence-corrected chi connectivity index (χ2v) is 4.13. The molecule has 0 bridgehead atoms. The Balaban J connectivity index is 2.31. The number of nitrogens with zero attached hydrogens (tertiary/aromatic N) is 1. The highest BCUT2D eigenvalue weighted by atomic mass is 14.7. The van der Waals surface area contributed by atoms with E-state index in [2.05, 4.69) is 13.0 Å². The van der Waals surface area contributed by atoms with Crippen LogP contribution in [0.4, 0.5) is 0 Å². The van der Waals surface area contributed by atoms with Crippen molar-refractivity contribution in [2.24, 2.45) is 5.73 Å². The molecule has 0 spiro atoms. The third-order valence-electron chi connectivity index (χ3n) is 3.25. The van der Waals surface area contributed by atoms with Gasteiger partial charge in [0.05, 0.1) is 11.6 Å². The number of nitrogens with two attached hydrogens (primary N) is 1. The Morgan fingerprint density at radius 2 is 1.93 bits per heavy atom. The molecule has 0 heterocycles. The Morgan fingerprint density at radius 3 is 2.29 bits per heavy atom. The first kappa shape index (κ1) is 9.23. The molecule has 0 aromatic heterocycles. The van der Waals surface area contributed by atoms with E-state index in [-0.39, 0.29) is 11.5 Å². The van der Waals surface area contributed by atoms with E-state index >= 15 is 0 Å². The Kier molecular flexibility index (Phi) is 2.05. The smallest absolute Gasteiger partial charge is 0.0991 e. The molecule has 1 unspecified atom stereocenters. The number of benzene rings is 1. The van der Waals surface area contributed by atoms with Crippen molar-refractivity contribution in [2.45, 2.75) is 31.2 Å². The standard InChI is InChI=1S/C12H14N2/c1-9(14)12(6-7-12)11-4-2-10(8-13)3-5-11/h2-5,9H,6-7,14H2,1H3. The summed E-state index contributed by atoms with van der Waals surface area (Å²) in [5.74, 6) is 0. The van der Waals surface area contributed by atoms with Crippen LogP contribution < -0.4 is 5.73 Å². The maximum absolute atomic E-state index is 8.68. The van der Waals surface area contributed by atoms with Gasteiger partial charge in [0.15, 0.2) is 0 Å². The van der Waals surface area contributed by atoms with Crippen LogP contribution in [0.1, 0.15) is 30.9 Å². The van der Waals surface area contributed by atoms with E-state index in [0.717, 1.165) is 0 Å². The molecule has 0 amide bonds. The molecule has 2 heteroatoms. The summed E-state index contributed by atoms with van der Waals surface area (Å²) < 4.78 is 0. The zero-order valence-corrected chi connectivity index (χ0v) is 8.33. The summed E-state index contributed by atoms with van der Waals surface area (Å²) >= 11 is 0. The molecule has 1 saturated carbocycles. The molecule has 1 aromatic rings. The van der Waals surface area contributed by atoms with Crippen LogP contribution in [0.15, 0.2) is 24.3 Å². The molecule has 1 atom stereocenters. The summed E-state index contributed by atoms with van der Waals surface area (Å²) in [4.78, 5) is 0. The van der Waals surface area contributed by atoms with Gasteiger partial charge in [0.2, 0.25) is 0 Å². The lowest BCUT2D eigenvalue weighted by atomic mass is 9.89. The third-order valence-corrected chi connectivity index (χ3v) is 3.25. The van der Waals surface area contributed by atoms with Crippen LogP contribution in [-0.2, 0) is 5.41 Å². The lowest BCUT2D eigenvalue weighted by molar-refractivity contribution is 0.556. The maximum atomic E-state index is 8.68. The Hall–Kier alpha value is -1.33. The van der Waals surface area contributed by atoms with E-state index in [0.29, 0.717) is 5.56 Å². The van der Waals surface area contributed by atoms with Crippen LogP contribution in [0.25, 0.3) is 0 Å². The molecule has 2 nitrogen and oxygen atoms in total. The molecule has 2 rings (SSSR count). The molecule has 0 saturated heterocycles. The Labute approximate surface area is 84.3 Å². The van der Waals surface area contributed by atoms with E-state index in [1.807, 2.05) is 24.3 Å². The van der Waals surface area contributed by atoms with Crippen LogP contribution in [0.3, 0.4) is 0 Å². The minimum Gasteiger partial charge on any atom is -0.327 e. The van der Waals surface area contributed by atoms with Crippen molar-refractivity contribution in [1.29, 1.82) is 5.26 Å². The molecule has 1 aliphatic rings. The predicted molar refractivity (Wildman–Crippen MR) is 55.7 cm³/mol. The summed E-state index contributed by atoms with van der Waals surface area (Å²) in [7, 11) is 0. The van der Waals surface area contributed by atoms with Gasteiger partial charge in [-0.25, -0.2) is 0 Å². The largest absolute Gasteiger partial charge is 0.327 e. The number of rotatable bonds is 2. The van der Waals surface area contributed by atoms with Crippen LogP contribution in [0, 0.1) is 11.3 Å². The normalized spacial score (nSPS) is 19.8. The summed E-state index contributed by atoms with van der Waals surface area (Å²) in [6.45, 7) is 2.06. The summed E-state index contributed by atoms with van der Waals surface area (Å²) in [6.07, 6.45) is 2.35. The van der Waals surface area contributed by atoms with Crippen LogP contribution in [0.5, 0.6) is 0 Å². The topological polar surface area (TPSA) is 49.8 Å². The van der Waals surface area contributed by atoms with E-state index in [9.17, 15) is 0 Å². The van der Waals surface area contributed by atoms with E-state index in [1.165, 1.54) is 18.4 Å². The highest BCUT2D eigenvalue weighted by Gasteiger charge is 2.47. The molecule has 2 N–H and O–H groups in total. The lowest BCUT2D eigenvalue weighted by Crippen LogP contribution is -2.31. The second-order valence-electron chi connectivity index (χ2n) is 4.13. The first-order valence-electron chi connectivity index (χ1n) is 4.95. The van der Waals surface area contributed by atoms with Crippen molar-refractivity contribution in [3.63, 3.8) is 0 Å². The minimum absolute atomic E-state index is 0.202. The van der Waals surface area contributed by atoms with Gasteiger partial charge in [-0.1, -0.05) is 12.1 Å². The van der Waals surface area contributed by atoms with Gasteiger partial charge < -0.3 is 5.73 Å². The average molecular weight is 186 g/mol. The van der Waals surface area contributed by atoms with Crippen molar-refractivity contribution in [1.82, 2.24) is 0 Å². The second kappa shape index (κ2) is 3.11. The zero-order chi connectivity index (χ0) is 10.2. The molecule has 0 aliphatic heterocycles. The fourth-order valence-corrected chi connectivity index (χ4v) is 2.02. The van der Waals surface area contributed by atoms with Gasteiger partial charge in [0.1, 0.15) is 0 Å². The van der Waals surface area contributed by atoms with Gasteiger partial charge in [-0.15, -0.1) is 0 Å². The Morgan fingerprint density at radius 1 is 1.36 bits per heavy atom. The van der Waals surface area contributed by atoms with Crippen LogP contribution >= 0.6 is 0 Å². The zero-order valence-electron chi connectivity index (χ0n) is 8.33. The quantitative estimate of drug-likeness (QED) is 0.767. The fraction of sp³-hybridized carbons (Fsp3) is 0.417. The van der Waals surface area contributed by atoms with Gasteiger partial charge >= 0.3 is 0 Å². The van der Waals surface area contributed by atoms with Crippen molar-refractivity contribution in [2.75, 3.05) is 0 Å². The summed E-state index contributed by atoms with van der Waals surface area (Å²) in [5, 5.41) is 8.68. The molecule has 1 aromatic carbocycles. The SMILES string of the molecule is CC(N)C1(c2ccc(C#N)cc2)CC1. The fourth-order valence-electron chi connectivity index (χ4n) is 2.02. The molecule has 0 radical (unpaired) electrons.